The molecule has 1 amide bonds. The molecular weight excluding hydrogens is 344 g/mol. The molecule has 25 heavy (non-hydrogen) atoms. The fourth-order valence-electron chi connectivity index (χ4n) is 2.15. The minimum Gasteiger partial charge on any atom is -0.324 e. The Morgan fingerprint density at radius 2 is 2.04 bits per heavy atom. The molecular formula is C16H16N4O4S. The molecule has 0 saturated heterocycles. The standard InChI is InChI=1S/C16H16N4O4S/c1-10-11(2)19-20(16(22)14(10)8-17)9-15(21)18-12-5-4-6-13(7-12)25(3,23)24/h4-7H,9H2,1-3H3,(H,18,21). The van der Waals surface area contributed by atoms with E-state index < -0.39 is 27.8 Å². The van der Waals surface area contributed by atoms with E-state index in [1.54, 1.807) is 13.8 Å². The number of nitrogens with one attached hydrogen (secondary N) is 1. The van der Waals surface area contributed by atoms with E-state index in [-0.39, 0.29) is 16.1 Å². The Morgan fingerprint density at radius 1 is 1.36 bits per heavy atom. The summed E-state index contributed by atoms with van der Waals surface area (Å²) in [6, 6.07) is 7.59. The van der Waals surface area contributed by atoms with Gasteiger partial charge in [0.25, 0.3) is 5.56 Å². The summed E-state index contributed by atoms with van der Waals surface area (Å²) >= 11 is 0. The van der Waals surface area contributed by atoms with Crippen molar-refractivity contribution in [2.75, 3.05) is 11.6 Å². The number of anilines is 1. The summed E-state index contributed by atoms with van der Waals surface area (Å²) in [7, 11) is -3.40. The molecule has 0 aliphatic rings. The average molecular weight is 360 g/mol. The Bertz CT molecular complexity index is 1050. The Morgan fingerprint density at radius 3 is 2.64 bits per heavy atom. The van der Waals surface area contributed by atoms with Gasteiger partial charge in [0.15, 0.2) is 9.84 Å². The van der Waals surface area contributed by atoms with Crippen LogP contribution in [0.25, 0.3) is 0 Å². The molecule has 0 spiro atoms. The zero-order valence-corrected chi connectivity index (χ0v) is 14.7. The van der Waals surface area contributed by atoms with Crippen molar-refractivity contribution in [3.63, 3.8) is 0 Å². The number of benzene rings is 1. The van der Waals surface area contributed by atoms with Gasteiger partial charge in [-0.25, -0.2) is 13.1 Å². The summed E-state index contributed by atoms with van der Waals surface area (Å²) in [5.74, 6) is -0.563. The summed E-state index contributed by atoms with van der Waals surface area (Å²) < 4.78 is 24.0. The third kappa shape index (κ3) is 4.10. The van der Waals surface area contributed by atoms with Gasteiger partial charge < -0.3 is 5.32 Å². The highest BCUT2D eigenvalue weighted by molar-refractivity contribution is 7.90. The number of nitriles is 1. The van der Waals surface area contributed by atoms with E-state index in [4.69, 9.17) is 5.26 Å². The van der Waals surface area contributed by atoms with Gasteiger partial charge in [0, 0.05) is 11.9 Å². The van der Waals surface area contributed by atoms with Gasteiger partial charge in [-0.15, -0.1) is 0 Å². The maximum atomic E-state index is 12.2. The fraction of sp³-hybridized carbons (Fsp3) is 0.250. The SMILES string of the molecule is Cc1nn(CC(=O)Nc2cccc(S(C)(=O)=O)c2)c(=O)c(C#N)c1C. The maximum Gasteiger partial charge on any atom is 0.285 e. The van der Waals surface area contributed by atoms with Crippen LogP contribution < -0.4 is 10.9 Å². The van der Waals surface area contributed by atoms with Gasteiger partial charge in [-0.2, -0.15) is 10.4 Å². The topological polar surface area (TPSA) is 122 Å². The molecule has 0 atom stereocenters. The Balaban J connectivity index is 2.27. The second-order valence-corrected chi connectivity index (χ2v) is 7.52. The molecule has 0 saturated carbocycles. The van der Waals surface area contributed by atoms with Crippen molar-refractivity contribution in [2.24, 2.45) is 0 Å². The highest BCUT2D eigenvalue weighted by Crippen LogP contribution is 2.15. The summed E-state index contributed by atoms with van der Waals surface area (Å²) in [6.07, 6.45) is 1.07. The minimum absolute atomic E-state index is 0.0561. The zero-order valence-electron chi connectivity index (χ0n) is 13.9. The number of amides is 1. The molecule has 9 heteroatoms. The molecule has 0 aliphatic heterocycles. The van der Waals surface area contributed by atoms with E-state index in [0.717, 1.165) is 10.9 Å². The summed E-state index contributed by atoms with van der Waals surface area (Å²) in [5, 5.41) is 15.6. The van der Waals surface area contributed by atoms with Gasteiger partial charge in [0.1, 0.15) is 18.2 Å². The average Bonchev–Trinajstić information content (AvgIpc) is 2.52. The van der Waals surface area contributed by atoms with Crippen molar-refractivity contribution in [1.82, 2.24) is 9.78 Å². The molecule has 0 aliphatic carbocycles. The Labute approximate surface area is 144 Å². The quantitative estimate of drug-likeness (QED) is 0.859. The van der Waals surface area contributed by atoms with Crippen LogP contribution in [0.3, 0.4) is 0 Å². The van der Waals surface area contributed by atoms with Gasteiger partial charge in [-0.3, -0.25) is 9.59 Å². The molecule has 1 heterocycles. The molecule has 1 aromatic carbocycles. The zero-order chi connectivity index (χ0) is 18.8. The summed E-state index contributed by atoms with van der Waals surface area (Å²) in [6.45, 7) is 2.86. The second-order valence-electron chi connectivity index (χ2n) is 5.51. The van der Waals surface area contributed by atoms with E-state index in [1.807, 2.05) is 6.07 Å². The van der Waals surface area contributed by atoms with Crippen LogP contribution in [0.2, 0.25) is 0 Å². The lowest BCUT2D eigenvalue weighted by atomic mass is 10.1. The van der Waals surface area contributed by atoms with E-state index >= 15 is 0 Å². The van der Waals surface area contributed by atoms with E-state index in [9.17, 15) is 18.0 Å². The molecule has 0 radical (unpaired) electrons. The van der Waals surface area contributed by atoms with Gasteiger partial charge in [-0.05, 0) is 37.6 Å². The predicted octanol–water partition coefficient (Wildman–Crippen LogP) is 0.774. The van der Waals surface area contributed by atoms with Crippen LogP contribution in [-0.2, 0) is 21.2 Å². The van der Waals surface area contributed by atoms with Crippen molar-refractivity contribution in [3.05, 3.63) is 51.4 Å². The normalized spacial score (nSPS) is 11.0. The van der Waals surface area contributed by atoms with Crippen molar-refractivity contribution < 1.29 is 13.2 Å². The van der Waals surface area contributed by atoms with Crippen molar-refractivity contribution in [1.29, 1.82) is 5.26 Å². The van der Waals surface area contributed by atoms with Crippen LogP contribution in [0.4, 0.5) is 5.69 Å². The molecule has 0 bridgehead atoms. The van der Waals surface area contributed by atoms with Crippen LogP contribution in [0.1, 0.15) is 16.8 Å². The number of nitrogens with zero attached hydrogens (tertiary/aromatic N) is 3. The second kappa shape index (κ2) is 6.86. The lowest BCUT2D eigenvalue weighted by molar-refractivity contribution is -0.117. The number of carbonyl (C=O) groups is 1. The molecule has 2 aromatic rings. The number of carbonyl (C=O) groups excluding carboxylic acids is 1. The molecule has 0 unspecified atom stereocenters. The summed E-state index contributed by atoms with van der Waals surface area (Å²) in [5.41, 5.74) is 0.531. The maximum absolute atomic E-state index is 12.2. The monoisotopic (exact) mass is 360 g/mol. The molecule has 1 aromatic heterocycles. The first-order valence-electron chi connectivity index (χ1n) is 7.22. The number of rotatable bonds is 4. The van der Waals surface area contributed by atoms with Gasteiger partial charge >= 0.3 is 0 Å². The van der Waals surface area contributed by atoms with Gasteiger partial charge in [-0.1, -0.05) is 6.07 Å². The minimum atomic E-state index is -3.40. The first kappa shape index (κ1) is 18.4. The van der Waals surface area contributed by atoms with Crippen LogP contribution in [0.15, 0.2) is 34.0 Å². The first-order chi connectivity index (χ1) is 11.6. The first-order valence-corrected chi connectivity index (χ1v) is 9.11. The fourth-order valence-corrected chi connectivity index (χ4v) is 2.82. The number of hydrogen-bond donors (Lipinski definition) is 1. The van der Waals surface area contributed by atoms with Crippen LogP contribution in [0, 0.1) is 25.2 Å². The number of hydrogen-bond acceptors (Lipinski definition) is 6. The van der Waals surface area contributed by atoms with Gasteiger partial charge in [0.05, 0.1) is 10.6 Å². The van der Waals surface area contributed by atoms with Crippen molar-refractivity contribution in [3.8, 4) is 6.07 Å². The van der Waals surface area contributed by atoms with Crippen LogP contribution in [0.5, 0.6) is 0 Å². The lowest BCUT2D eigenvalue weighted by Gasteiger charge is -2.10. The Hall–Kier alpha value is -2.99. The van der Waals surface area contributed by atoms with Crippen molar-refractivity contribution in [2.45, 2.75) is 25.3 Å². The van der Waals surface area contributed by atoms with E-state index in [0.29, 0.717) is 11.3 Å². The number of aryl methyl sites for hydroxylation is 1. The highest BCUT2D eigenvalue weighted by Gasteiger charge is 2.14. The third-order valence-corrected chi connectivity index (χ3v) is 4.70. The number of aromatic nitrogens is 2. The molecule has 1 N–H and O–H groups in total. The van der Waals surface area contributed by atoms with Crippen LogP contribution in [-0.4, -0.2) is 30.4 Å². The van der Waals surface area contributed by atoms with Crippen molar-refractivity contribution >= 4 is 21.4 Å². The van der Waals surface area contributed by atoms with E-state index in [2.05, 4.69) is 10.4 Å². The summed E-state index contributed by atoms with van der Waals surface area (Å²) in [4.78, 5) is 24.4. The lowest BCUT2D eigenvalue weighted by Crippen LogP contribution is -2.32. The predicted molar refractivity (Wildman–Crippen MR) is 90.9 cm³/mol. The van der Waals surface area contributed by atoms with E-state index in [1.165, 1.54) is 24.3 Å². The largest absolute Gasteiger partial charge is 0.324 e. The Kier molecular flexibility index (Phi) is 5.04. The molecule has 0 fully saturated rings. The highest BCUT2D eigenvalue weighted by atomic mass is 32.2. The van der Waals surface area contributed by atoms with Gasteiger partial charge in [0.2, 0.25) is 5.91 Å². The molecule has 8 nitrogen and oxygen atoms in total. The third-order valence-electron chi connectivity index (χ3n) is 3.59. The molecule has 130 valence electrons. The smallest absolute Gasteiger partial charge is 0.285 e. The van der Waals surface area contributed by atoms with Crippen LogP contribution >= 0.6 is 0 Å². The number of sulfone groups is 1. The molecule has 2 rings (SSSR count).